The molecule has 36 heavy (non-hydrogen) atoms. The normalized spacial score (nSPS) is 11.7. The Labute approximate surface area is 212 Å². The standard InChI is InChI=1S/C26H39NO9/c1-7-8-9-13-33-26(31)34-14-12-27-20(25(30)32-6)15-19-10-11-21(35-23(28)17(2)3)22(16-19)36-24(29)18(4)5/h10-11,16-18,20,27H,7-9,12-15H2,1-6H3/t20-/m0/s1. The number of unbranched alkanes of at least 4 members (excludes halogenated alkanes) is 2. The van der Waals surface area contributed by atoms with Crippen LogP contribution in [0, 0.1) is 11.8 Å². The molecule has 1 N–H and O–H groups in total. The Kier molecular flexibility index (Phi) is 14.2. The summed E-state index contributed by atoms with van der Waals surface area (Å²) in [6.45, 7) is 9.30. The Morgan fingerprint density at radius 3 is 2.03 bits per heavy atom. The first kappa shape index (κ1) is 30.9. The van der Waals surface area contributed by atoms with Crippen molar-refractivity contribution in [3.8, 4) is 11.5 Å². The van der Waals surface area contributed by atoms with E-state index in [9.17, 15) is 19.2 Å². The largest absolute Gasteiger partial charge is 0.508 e. The average molecular weight is 510 g/mol. The van der Waals surface area contributed by atoms with Crippen LogP contribution in [-0.4, -0.2) is 57.0 Å². The van der Waals surface area contributed by atoms with Gasteiger partial charge in [-0.3, -0.25) is 14.4 Å². The van der Waals surface area contributed by atoms with Gasteiger partial charge >= 0.3 is 24.1 Å². The summed E-state index contributed by atoms with van der Waals surface area (Å²) in [4.78, 5) is 48.2. The molecular formula is C26H39NO9. The van der Waals surface area contributed by atoms with Gasteiger partial charge in [-0.05, 0) is 30.5 Å². The third-order valence-electron chi connectivity index (χ3n) is 4.98. The van der Waals surface area contributed by atoms with E-state index in [1.807, 2.05) is 0 Å². The maximum atomic E-state index is 12.3. The Morgan fingerprint density at radius 1 is 0.833 bits per heavy atom. The summed E-state index contributed by atoms with van der Waals surface area (Å²) in [5.74, 6) is -2.06. The van der Waals surface area contributed by atoms with Gasteiger partial charge in [0.25, 0.3) is 0 Å². The smallest absolute Gasteiger partial charge is 0.468 e. The number of carbonyl (C=O) groups is 4. The molecule has 0 heterocycles. The van der Waals surface area contributed by atoms with Gasteiger partial charge in [0.2, 0.25) is 0 Å². The lowest BCUT2D eigenvalue weighted by atomic mass is 10.0. The van der Waals surface area contributed by atoms with Crippen molar-refractivity contribution in [2.75, 3.05) is 26.9 Å². The first-order valence-electron chi connectivity index (χ1n) is 12.3. The molecule has 1 aromatic rings. The predicted molar refractivity (Wildman–Crippen MR) is 132 cm³/mol. The van der Waals surface area contributed by atoms with Crippen LogP contribution in [0.15, 0.2) is 18.2 Å². The summed E-state index contributed by atoms with van der Waals surface area (Å²) in [6, 6.07) is 3.96. The minimum absolute atomic E-state index is 0.00144. The van der Waals surface area contributed by atoms with Crippen molar-refractivity contribution in [2.24, 2.45) is 11.8 Å². The van der Waals surface area contributed by atoms with E-state index in [2.05, 4.69) is 12.2 Å². The van der Waals surface area contributed by atoms with Crippen molar-refractivity contribution in [2.45, 2.75) is 66.3 Å². The summed E-state index contributed by atoms with van der Waals surface area (Å²) in [5, 5.41) is 2.99. The second-order valence-corrected chi connectivity index (χ2v) is 8.82. The quantitative estimate of drug-likeness (QED) is 0.212. The molecule has 0 unspecified atom stereocenters. The number of esters is 3. The predicted octanol–water partition coefficient (Wildman–Crippen LogP) is 3.83. The van der Waals surface area contributed by atoms with Gasteiger partial charge in [0.15, 0.2) is 11.5 Å². The van der Waals surface area contributed by atoms with Crippen LogP contribution in [0.4, 0.5) is 4.79 Å². The van der Waals surface area contributed by atoms with E-state index in [1.165, 1.54) is 13.2 Å². The molecule has 0 aliphatic heterocycles. The second-order valence-electron chi connectivity index (χ2n) is 8.82. The van der Waals surface area contributed by atoms with Crippen molar-refractivity contribution in [3.05, 3.63) is 23.8 Å². The Bertz CT molecular complexity index is 867. The van der Waals surface area contributed by atoms with Crippen LogP contribution in [-0.2, 0) is 35.0 Å². The highest BCUT2D eigenvalue weighted by Crippen LogP contribution is 2.30. The first-order chi connectivity index (χ1) is 17.1. The number of benzene rings is 1. The van der Waals surface area contributed by atoms with Gasteiger partial charge in [-0.15, -0.1) is 0 Å². The fourth-order valence-corrected chi connectivity index (χ4v) is 2.83. The van der Waals surface area contributed by atoms with Crippen molar-refractivity contribution in [1.82, 2.24) is 5.32 Å². The average Bonchev–Trinajstić information content (AvgIpc) is 2.84. The van der Waals surface area contributed by atoms with Crippen LogP contribution < -0.4 is 14.8 Å². The Morgan fingerprint density at radius 2 is 1.44 bits per heavy atom. The molecule has 0 saturated carbocycles. The molecule has 1 rings (SSSR count). The SMILES string of the molecule is CCCCCOC(=O)OCCN[C@@H](Cc1ccc(OC(=O)C(C)C)c(OC(=O)C(C)C)c1)C(=O)OC. The fraction of sp³-hybridized carbons (Fsp3) is 0.615. The second kappa shape index (κ2) is 16.5. The molecule has 0 spiro atoms. The number of methoxy groups -OCH3 is 1. The molecule has 0 radical (unpaired) electrons. The number of carbonyl (C=O) groups excluding carboxylic acids is 4. The molecule has 0 bridgehead atoms. The monoisotopic (exact) mass is 509 g/mol. The van der Waals surface area contributed by atoms with Gasteiger partial charge in [0, 0.05) is 6.54 Å². The van der Waals surface area contributed by atoms with Crippen molar-refractivity contribution in [3.63, 3.8) is 0 Å². The zero-order valence-electron chi connectivity index (χ0n) is 22.1. The minimum Gasteiger partial charge on any atom is -0.468 e. The number of nitrogens with one attached hydrogen (secondary N) is 1. The third kappa shape index (κ3) is 11.5. The molecule has 0 aliphatic rings. The zero-order chi connectivity index (χ0) is 27.1. The molecule has 0 amide bonds. The summed E-state index contributed by atoms with van der Waals surface area (Å²) in [5.41, 5.74) is 0.630. The van der Waals surface area contributed by atoms with Crippen LogP contribution in [0.3, 0.4) is 0 Å². The topological polar surface area (TPSA) is 126 Å². The lowest BCUT2D eigenvalue weighted by Crippen LogP contribution is -2.41. The lowest BCUT2D eigenvalue weighted by Gasteiger charge is -2.18. The number of rotatable bonds is 15. The maximum Gasteiger partial charge on any atom is 0.508 e. The molecule has 10 heteroatoms. The van der Waals surface area contributed by atoms with Gasteiger partial charge in [0.05, 0.1) is 25.6 Å². The van der Waals surface area contributed by atoms with Crippen LogP contribution in [0.25, 0.3) is 0 Å². The molecule has 1 atom stereocenters. The number of hydrogen-bond acceptors (Lipinski definition) is 10. The maximum absolute atomic E-state index is 12.3. The Hall–Kier alpha value is -3.14. The van der Waals surface area contributed by atoms with Crippen molar-refractivity contribution in [1.29, 1.82) is 0 Å². The highest BCUT2D eigenvalue weighted by Gasteiger charge is 2.22. The van der Waals surface area contributed by atoms with Crippen LogP contribution in [0.5, 0.6) is 11.5 Å². The summed E-state index contributed by atoms with van der Waals surface area (Å²) >= 11 is 0. The molecule has 0 aromatic heterocycles. The lowest BCUT2D eigenvalue weighted by molar-refractivity contribution is -0.143. The molecule has 0 fully saturated rings. The fourth-order valence-electron chi connectivity index (χ4n) is 2.83. The van der Waals surface area contributed by atoms with Gasteiger partial charge in [-0.2, -0.15) is 0 Å². The van der Waals surface area contributed by atoms with Gasteiger partial charge in [-0.25, -0.2) is 4.79 Å². The third-order valence-corrected chi connectivity index (χ3v) is 4.98. The highest BCUT2D eigenvalue weighted by atomic mass is 16.7. The van der Waals surface area contributed by atoms with E-state index in [-0.39, 0.29) is 37.0 Å². The van der Waals surface area contributed by atoms with Crippen molar-refractivity contribution < 1.29 is 42.9 Å². The van der Waals surface area contributed by atoms with Crippen LogP contribution in [0.2, 0.25) is 0 Å². The number of hydrogen-bond donors (Lipinski definition) is 1. The molecule has 1 aromatic carbocycles. The molecule has 0 aliphatic carbocycles. The van der Waals surface area contributed by atoms with Gasteiger partial charge in [-0.1, -0.05) is 53.5 Å². The van der Waals surface area contributed by atoms with Crippen LogP contribution >= 0.6 is 0 Å². The van der Waals surface area contributed by atoms with E-state index < -0.39 is 36.0 Å². The van der Waals surface area contributed by atoms with Gasteiger partial charge < -0.3 is 29.0 Å². The van der Waals surface area contributed by atoms with E-state index in [4.69, 9.17) is 23.7 Å². The molecular weight excluding hydrogens is 470 g/mol. The zero-order valence-corrected chi connectivity index (χ0v) is 22.1. The first-order valence-corrected chi connectivity index (χ1v) is 12.3. The van der Waals surface area contributed by atoms with Gasteiger partial charge in [0.1, 0.15) is 12.6 Å². The van der Waals surface area contributed by atoms with Crippen LogP contribution in [0.1, 0.15) is 59.4 Å². The minimum atomic E-state index is -0.767. The van der Waals surface area contributed by atoms with E-state index >= 15 is 0 Å². The summed E-state index contributed by atoms with van der Waals surface area (Å²) < 4.78 is 25.7. The van der Waals surface area contributed by atoms with E-state index in [0.29, 0.717) is 12.2 Å². The van der Waals surface area contributed by atoms with Crippen molar-refractivity contribution >= 4 is 24.1 Å². The summed E-state index contributed by atoms with van der Waals surface area (Å²) in [7, 11) is 1.27. The molecule has 10 nitrogen and oxygen atoms in total. The number of ether oxygens (including phenoxy) is 5. The molecule has 202 valence electrons. The van der Waals surface area contributed by atoms with E-state index in [1.54, 1.807) is 39.8 Å². The highest BCUT2D eigenvalue weighted by molar-refractivity contribution is 5.78. The van der Waals surface area contributed by atoms with E-state index in [0.717, 1.165) is 19.3 Å². The molecule has 0 saturated heterocycles. The summed E-state index contributed by atoms with van der Waals surface area (Å²) in [6.07, 6.45) is 2.18. The Balaban J connectivity index is 2.85.